The number of nitrogens with one attached hydrogen (secondary N) is 1. The van der Waals surface area contributed by atoms with Gasteiger partial charge in [-0.2, -0.15) is 0 Å². The Morgan fingerprint density at radius 2 is 1.74 bits per heavy atom. The molecule has 2 atom stereocenters. The molecule has 1 N–H and O–H groups in total. The predicted molar refractivity (Wildman–Crippen MR) is 118 cm³/mol. The summed E-state index contributed by atoms with van der Waals surface area (Å²) in [7, 11) is 0. The largest absolute Gasteiger partial charge is 0.490 e. The van der Waals surface area contributed by atoms with Crippen LogP contribution in [0, 0.1) is 5.92 Å². The van der Waals surface area contributed by atoms with Gasteiger partial charge in [0, 0.05) is 18.5 Å². The highest BCUT2D eigenvalue weighted by Crippen LogP contribution is 2.39. The minimum absolute atomic E-state index is 0.0301. The van der Waals surface area contributed by atoms with Gasteiger partial charge in [0.25, 0.3) is 5.91 Å². The maximum absolute atomic E-state index is 13.5. The summed E-state index contributed by atoms with van der Waals surface area (Å²) in [5, 5.41) is 2.96. The van der Waals surface area contributed by atoms with E-state index in [1.165, 1.54) is 5.56 Å². The highest BCUT2D eigenvalue weighted by Gasteiger charge is 2.35. The molecule has 164 valence electrons. The molecule has 0 radical (unpaired) electrons. The van der Waals surface area contributed by atoms with Crippen LogP contribution in [0.1, 0.15) is 54.7 Å². The highest BCUT2D eigenvalue weighted by molar-refractivity contribution is 5.97. The number of carbonyl (C=O) groups excluding carboxylic acids is 2. The molecule has 0 unspecified atom stereocenters. The fourth-order valence-corrected chi connectivity index (χ4v) is 4.28. The second-order valence-corrected chi connectivity index (χ2v) is 8.57. The third-order valence-corrected chi connectivity index (χ3v) is 6.09. The van der Waals surface area contributed by atoms with Crippen LogP contribution in [0.2, 0.25) is 0 Å². The van der Waals surface area contributed by atoms with E-state index >= 15 is 0 Å². The number of amides is 2. The van der Waals surface area contributed by atoms with Crippen LogP contribution >= 0.6 is 0 Å². The monoisotopic (exact) mass is 422 g/mol. The first-order chi connectivity index (χ1) is 15.0. The van der Waals surface area contributed by atoms with Crippen LogP contribution < -0.4 is 14.8 Å². The van der Waals surface area contributed by atoms with Crippen molar-refractivity contribution in [2.24, 2.45) is 5.92 Å². The van der Waals surface area contributed by atoms with Crippen molar-refractivity contribution in [3.63, 3.8) is 0 Å². The van der Waals surface area contributed by atoms with Crippen molar-refractivity contribution in [3.8, 4) is 11.5 Å². The summed E-state index contributed by atoms with van der Waals surface area (Å²) in [6.45, 7) is 7.85. The van der Waals surface area contributed by atoms with Crippen LogP contribution in [0.5, 0.6) is 11.5 Å². The second kappa shape index (κ2) is 9.00. The molecule has 2 heterocycles. The highest BCUT2D eigenvalue weighted by atomic mass is 16.5. The minimum Gasteiger partial charge on any atom is -0.490 e. The Kier molecular flexibility index (Phi) is 6.16. The zero-order valence-corrected chi connectivity index (χ0v) is 18.4. The molecule has 0 fully saturated rings. The van der Waals surface area contributed by atoms with Crippen molar-refractivity contribution < 1.29 is 19.1 Å². The molecular weight excluding hydrogens is 392 g/mol. The number of fused-ring (bicyclic) bond motifs is 2. The van der Waals surface area contributed by atoms with Crippen molar-refractivity contribution in [1.82, 2.24) is 10.2 Å². The zero-order valence-electron chi connectivity index (χ0n) is 18.4. The Morgan fingerprint density at radius 1 is 1.06 bits per heavy atom. The molecule has 0 aliphatic carbocycles. The maximum Gasteiger partial charge on any atom is 0.251 e. The van der Waals surface area contributed by atoms with Crippen molar-refractivity contribution in [2.45, 2.75) is 45.7 Å². The molecule has 2 amide bonds. The topological polar surface area (TPSA) is 67.9 Å². The van der Waals surface area contributed by atoms with Crippen LogP contribution in [0.15, 0.2) is 42.5 Å². The van der Waals surface area contributed by atoms with Gasteiger partial charge in [0.1, 0.15) is 6.04 Å². The molecule has 2 aromatic carbocycles. The van der Waals surface area contributed by atoms with Gasteiger partial charge in [-0.1, -0.05) is 32.0 Å². The molecule has 0 saturated heterocycles. The quantitative estimate of drug-likeness (QED) is 0.815. The van der Waals surface area contributed by atoms with E-state index in [0.717, 1.165) is 29.9 Å². The molecular formula is C25H30N2O4. The van der Waals surface area contributed by atoms with Gasteiger partial charge in [0.2, 0.25) is 5.91 Å². The molecule has 6 heteroatoms. The minimum atomic E-state index is -0.586. The molecule has 31 heavy (non-hydrogen) atoms. The number of hydrogen-bond donors (Lipinski definition) is 1. The van der Waals surface area contributed by atoms with Gasteiger partial charge in [-0.3, -0.25) is 9.59 Å². The Hall–Kier alpha value is -3.02. The molecule has 2 aromatic rings. The van der Waals surface area contributed by atoms with Crippen LogP contribution in [0.4, 0.5) is 0 Å². The molecule has 0 aromatic heterocycles. The van der Waals surface area contributed by atoms with Gasteiger partial charge < -0.3 is 19.7 Å². The number of hydrogen-bond acceptors (Lipinski definition) is 4. The summed E-state index contributed by atoms with van der Waals surface area (Å²) in [5.41, 5.74) is 2.83. The van der Waals surface area contributed by atoms with E-state index in [4.69, 9.17) is 9.47 Å². The van der Waals surface area contributed by atoms with E-state index in [0.29, 0.717) is 25.3 Å². The smallest absolute Gasteiger partial charge is 0.251 e. The lowest BCUT2D eigenvalue weighted by atomic mass is 9.91. The summed E-state index contributed by atoms with van der Waals surface area (Å²) >= 11 is 0. The van der Waals surface area contributed by atoms with E-state index in [1.807, 2.05) is 49.9 Å². The van der Waals surface area contributed by atoms with Gasteiger partial charge >= 0.3 is 0 Å². The van der Waals surface area contributed by atoms with Crippen molar-refractivity contribution in [2.75, 3.05) is 19.8 Å². The van der Waals surface area contributed by atoms with Gasteiger partial charge in [0.05, 0.1) is 19.3 Å². The molecule has 0 spiro atoms. The van der Waals surface area contributed by atoms with E-state index in [9.17, 15) is 9.59 Å². The maximum atomic E-state index is 13.5. The van der Waals surface area contributed by atoms with Crippen LogP contribution in [-0.2, 0) is 11.2 Å². The van der Waals surface area contributed by atoms with Gasteiger partial charge in [-0.05, 0) is 54.7 Å². The number of nitrogens with zero attached hydrogens (tertiary/aromatic N) is 1. The molecule has 0 saturated carbocycles. The van der Waals surface area contributed by atoms with E-state index in [1.54, 1.807) is 12.1 Å². The van der Waals surface area contributed by atoms with Crippen molar-refractivity contribution in [1.29, 1.82) is 0 Å². The first-order valence-electron chi connectivity index (χ1n) is 11.0. The number of rotatable bonds is 4. The lowest BCUT2D eigenvalue weighted by molar-refractivity contribution is -0.137. The summed E-state index contributed by atoms with van der Waals surface area (Å²) < 4.78 is 11.7. The summed E-state index contributed by atoms with van der Waals surface area (Å²) in [4.78, 5) is 28.1. The average Bonchev–Trinajstić information content (AvgIpc) is 3.01. The van der Waals surface area contributed by atoms with Gasteiger partial charge in [-0.25, -0.2) is 0 Å². The normalized spacial score (nSPS) is 18.7. The SMILES string of the molecule is CC(C)[C@H](NC(=O)c1ccccc1)C(=O)N1CCc2cc3c(cc2[C@@H]1C)OCCCO3. The third-order valence-electron chi connectivity index (χ3n) is 6.09. The molecule has 4 rings (SSSR count). The van der Waals surface area contributed by atoms with Crippen molar-refractivity contribution in [3.05, 3.63) is 59.2 Å². The Labute approximate surface area is 183 Å². The standard InChI is InChI=1S/C25H30N2O4/c1-16(2)23(26-24(28)18-8-5-4-6-9-18)25(29)27-11-10-19-14-21-22(15-20(19)17(27)3)31-13-7-12-30-21/h4-6,8-9,14-17,23H,7,10-13H2,1-3H3,(H,26,28)/t17-,23-/m0/s1. The van der Waals surface area contributed by atoms with Gasteiger partial charge in [0.15, 0.2) is 11.5 Å². The summed E-state index contributed by atoms with van der Waals surface area (Å²) in [6.07, 6.45) is 1.61. The molecule has 0 bridgehead atoms. The summed E-state index contributed by atoms with van der Waals surface area (Å²) in [6, 6.07) is 12.4. The predicted octanol–water partition coefficient (Wildman–Crippen LogP) is 3.75. The fraction of sp³-hybridized carbons (Fsp3) is 0.440. The van der Waals surface area contributed by atoms with Crippen LogP contribution in [0.3, 0.4) is 0 Å². The Bertz CT molecular complexity index is 957. The number of ether oxygens (including phenoxy) is 2. The fourth-order valence-electron chi connectivity index (χ4n) is 4.28. The number of benzene rings is 2. The Morgan fingerprint density at radius 3 is 2.42 bits per heavy atom. The average molecular weight is 423 g/mol. The van der Waals surface area contributed by atoms with E-state index < -0.39 is 6.04 Å². The van der Waals surface area contributed by atoms with Crippen LogP contribution in [0.25, 0.3) is 0 Å². The van der Waals surface area contributed by atoms with Crippen LogP contribution in [-0.4, -0.2) is 42.5 Å². The van der Waals surface area contributed by atoms with E-state index in [2.05, 4.69) is 11.4 Å². The first kappa shape index (κ1) is 21.2. The van der Waals surface area contributed by atoms with E-state index in [-0.39, 0.29) is 23.8 Å². The second-order valence-electron chi connectivity index (χ2n) is 8.57. The third kappa shape index (κ3) is 4.38. The van der Waals surface area contributed by atoms with Gasteiger partial charge in [-0.15, -0.1) is 0 Å². The molecule has 2 aliphatic heterocycles. The lowest BCUT2D eigenvalue weighted by Crippen LogP contribution is -2.53. The molecule has 6 nitrogen and oxygen atoms in total. The van der Waals surface area contributed by atoms with Crippen molar-refractivity contribution >= 4 is 11.8 Å². The first-order valence-corrected chi connectivity index (χ1v) is 11.0. The summed E-state index contributed by atoms with van der Waals surface area (Å²) in [5.74, 6) is 1.23. The zero-order chi connectivity index (χ0) is 22.0. The molecule has 2 aliphatic rings. The Balaban J connectivity index is 1.55. The number of carbonyl (C=O) groups is 2. The lowest BCUT2D eigenvalue weighted by Gasteiger charge is -2.38.